The van der Waals surface area contributed by atoms with Crippen LogP contribution >= 0.6 is 11.3 Å². The first-order chi connectivity index (χ1) is 15.3. The predicted octanol–water partition coefficient (Wildman–Crippen LogP) is 4.26. The molecule has 1 amide bonds. The largest absolute Gasteiger partial charge is 0.284 e. The van der Waals surface area contributed by atoms with E-state index in [0.717, 1.165) is 41.2 Å². The van der Waals surface area contributed by atoms with Crippen LogP contribution in [0.2, 0.25) is 0 Å². The highest BCUT2D eigenvalue weighted by Crippen LogP contribution is 2.34. The molecule has 172 valence electrons. The molecule has 0 radical (unpaired) electrons. The van der Waals surface area contributed by atoms with Gasteiger partial charge in [-0.05, 0) is 64.0 Å². The fourth-order valence-corrected chi connectivity index (χ4v) is 7.47. The quantitative estimate of drug-likeness (QED) is 0.588. The number of carbonyl (C=O) groups is 1. The summed E-state index contributed by atoms with van der Waals surface area (Å²) in [6, 6.07) is 5.41. The normalized spacial score (nSPS) is 17.7. The van der Waals surface area contributed by atoms with Crippen LogP contribution in [0.15, 0.2) is 35.7 Å². The van der Waals surface area contributed by atoms with Gasteiger partial charge in [-0.15, -0.1) is 17.9 Å². The minimum Gasteiger partial charge on any atom is -0.284 e. The van der Waals surface area contributed by atoms with Crippen LogP contribution in [0.4, 0.5) is 5.13 Å². The Bertz CT molecular complexity index is 1090. The van der Waals surface area contributed by atoms with Crippen molar-refractivity contribution >= 4 is 32.4 Å². The molecule has 1 aliphatic heterocycles. The minimum atomic E-state index is -3.56. The summed E-state index contributed by atoms with van der Waals surface area (Å²) in [5.74, 6) is -0.180. The minimum absolute atomic E-state index is 0.0274. The summed E-state index contributed by atoms with van der Waals surface area (Å²) in [4.78, 5) is 21.6. The summed E-state index contributed by atoms with van der Waals surface area (Å²) >= 11 is 1.62. The molecule has 6 nitrogen and oxygen atoms in total. The fourth-order valence-electron chi connectivity index (χ4n) is 4.64. The summed E-state index contributed by atoms with van der Waals surface area (Å²) < 4.78 is 27.9. The van der Waals surface area contributed by atoms with E-state index in [1.54, 1.807) is 28.4 Å². The summed E-state index contributed by atoms with van der Waals surface area (Å²) in [6.45, 7) is 8.73. The number of fused-ring (bicyclic) bond motifs is 1. The molecule has 2 aliphatic rings. The molecular formula is C24H31N3O3S2. The van der Waals surface area contributed by atoms with Crippen molar-refractivity contribution in [1.29, 1.82) is 0 Å². The highest BCUT2D eigenvalue weighted by Gasteiger charge is 2.35. The Morgan fingerprint density at radius 1 is 1.25 bits per heavy atom. The lowest BCUT2D eigenvalue weighted by Crippen LogP contribution is -2.44. The number of sulfonamides is 1. The van der Waals surface area contributed by atoms with Crippen molar-refractivity contribution in [3.8, 4) is 0 Å². The highest BCUT2D eigenvalue weighted by atomic mass is 32.2. The van der Waals surface area contributed by atoms with E-state index in [-0.39, 0.29) is 11.8 Å². The average molecular weight is 474 g/mol. The molecule has 8 heteroatoms. The summed E-state index contributed by atoms with van der Waals surface area (Å²) in [6.07, 6.45) is 7.12. The number of aryl methyl sites for hydroxylation is 4. The molecule has 0 N–H and O–H groups in total. The molecular weight excluding hydrogens is 442 g/mol. The Labute approximate surface area is 195 Å². The number of amides is 1. The van der Waals surface area contributed by atoms with Gasteiger partial charge in [-0.1, -0.05) is 23.8 Å². The van der Waals surface area contributed by atoms with Crippen molar-refractivity contribution in [2.75, 3.05) is 24.5 Å². The van der Waals surface area contributed by atoms with Gasteiger partial charge < -0.3 is 0 Å². The van der Waals surface area contributed by atoms with Crippen molar-refractivity contribution < 1.29 is 13.2 Å². The van der Waals surface area contributed by atoms with Crippen molar-refractivity contribution in [3.63, 3.8) is 0 Å². The third-order valence-electron chi connectivity index (χ3n) is 6.39. The van der Waals surface area contributed by atoms with Crippen LogP contribution < -0.4 is 4.90 Å². The number of hydrogen-bond acceptors (Lipinski definition) is 5. The van der Waals surface area contributed by atoms with Crippen LogP contribution in [0.3, 0.4) is 0 Å². The van der Waals surface area contributed by atoms with E-state index in [1.807, 2.05) is 26.0 Å². The number of aromatic nitrogens is 1. The van der Waals surface area contributed by atoms with E-state index in [2.05, 4.69) is 6.58 Å². The van der Waals surface area contributed by atoms with E-state index in [1.165, 1.54) is 15.6 Å². The van der Waals surface area contributed by atoms with Crippen LogP contribution in [-0.4, -0.2) is 43.2 Å². The molecule has 4 rings (SSSR count). The molecule has 2 heterocycles. The number of carbonyl (C=O) groups excluding carboxylic acids is 1. The van der Waals surface area contributed by atoms with E-state index < -0.39 is 10.0 Å². The zero-order valence-electron chi connectivity index (χ0n) is 18.8. The second-order valence-corrected chi connectivity index (χ2v) is 11.7. The van der Waals surface area contributed by atoms with Gasteiger partial charge >= 0.3 is 0 Å². The number of rotatable bonds is 6. The van der Waals surface area contributed by atoms with Crippen LogP contribution in [0.1, 0.15) is 47.4 Å². The Morgan fingerprint density at radius 3 is 2.62 bits per heavy atom. The van der Waals surface area contributed by atoms with Crippen LogP contribution in [0.25, 0.3) is 0 Å². The molecule has 1 aromatic carbocycles. The Hall–Kier alpha value is -2.03. The van der Waals surface area contributed by atoms with Gasteiger partial charge in [0.2, 0.25) is 15.9 Å². The lowest BCUT2D eigenvalue weighted by molar-refractivity contribution is -0.123. The predicted molar refractivity (Wildman–Crippen MR) is 129 cm³/mol. The van der Waals surface area contributed by atoms with Crippen molar-refractivity contribution in [1.82, 2.24) is 9.29 Å². The first-order valence-electron chi connectivity index (χ1n) is 11.3. The van der Waals surface area contributed by atoms with Gasteiger partial charge in [0.05, 0.1) is 10.6 Å². The van der Waals surface area contributed by atoms with Gasteiger partial charge in [0.25, 0.3) is 0 Å². The SMILES string of the molecule is C=CCN(C(=O)C1CCN(S(=O)(=O)c2ccc(C)cc2C)CC1)c1nc2c(s1)CCCC2. The van der Waals surface area contributed by atoms with Crippen LogP contribution in [0.5, 0.6) is 0 Å². The lowest BCUT2D eigenvalue weighted by atomic mass is 9.96. The van der Waals surface area contributed by atoms with Gasteiger partial charge in [-0.25, -0.2) is 13.4 Å². The van der Waals surface area contributed by atoms with Crippen molar-refractivity contribution in [3.05, 3.63) is 52.6 Å². The standard InChI is InChI=1S/C24H31N3O3S2/c1-4-13-27(24-25-20-7-5-6-8-21(20)31-24)23(28)19-11-14-26(15-12-19)32(29,30)22-10-9-17(2)16-18(22)3/h4,9-10,16,19H,1,5-8,11-15H2,2-3H3. The van der Waals surface area contributed by atoms with E-state index >= 15 is 0 Å². The maximum atomic E-state index is 13.4. The number of thiazole rings is 1. The third kappa shape index (κ3) is 4.54. The average Bonchev–Trinajstić information content (AvgIpc) is 3.20. The second kappa shape index (κ2) is 9.45. The molecule has 0 unspecified atom stereocenters. The van der Waals surface area contributed by atoms with Gasteiger partial charge in [-0.2, -0.15) is 4.31 Å². The molecule has 1 aromatic heterocycles. The Balaban J connectivity index is 1.47. The van der Waals surface area contributed by atoms with Crippen molar-refractivity contribution in [2.45, 2.75) is 57.3 Å². The first-order valence-corrected chi connectivity index (χ1v) is 13.5. The second-order valence-electron chi connectivity index (χ2n) is 8.76. The number of nitrogens with zero attached hydrogens (tertiary/aromatic N) is 3. The molecule has 32 heavy (non-hydrogen) atoms. The van der Waals surface area contributed by atoms with Gasteiger partial charge in [-0.3, -0.25) is 9.69 Å². The maximum absolute atomic E-state index is 13.4. The number of hydrogen-bond donors (Lipinski definition) is 0. The molecule has 2 aromatic rings. The first kappa shape index (κ1) is 23.1. The molecule has 0 spiro atoms. The van der Waals surface area contributed by atoms with Crippen molar-refractivity contribution in [2.24, 2.45) is 5.92 Å². The number of anilines is 1. The van der Waals surface area contributed by atoms with Crippen LogP contribution in [0, 0.1) is 19.8 Å². The number of benzene rings is 1. The molecule has 0 bridgehead atoms. The molecule has 0 atom stereocenters. The smallest absolute Gasteiger partial charge is 0.243 e. The highest BCUT2D eigenvalue weighted by molar-refractivity contribution is 7.89. The summed E-state index contributed by atoms with van der Waals surface area (Å²) in [5.41, 5.74) is 2.93. The van der Waals surface area contributed by atoms with E-state index in [9.17, 15) is 13.2 Å². The van der Waals surface area contributed by atoms with E-state index in [0.29, 0.717) is 37.4 Å². The Kier molecular flexibility index (Phi) is 6.83. The van der Waals surface area contributed by atoms with Gasteiger partial charge in [0.15, 0.2) is 5.13 Å². The monoisotopic (exact) mass is 473 g/mol. The van der Waals surface area contributed by atoms with Gasteiger partial charge in [0.1, 0.15) is 0 Å². The molecule has 1 saturated heterocycles. The zero-order chi connectivity index (χ0) is 22.9. The summed E-state index contributed by atoms with van der Waals surface area (Å²) in [5, 5.41) is 0.757. The van der Waals surface area contributed by atoms with Crippen LogP contribution in [-0.2, 0) is 27.7 Å². The lowest BCUT2D eigenvalue weighted by Gasteiger charge is -2.33. The van der Waals surface area contributed by atoms with Gasteiger partial charge in [0, 0.05) is 30.4 Å². The third-order valence-corrected chi connectivity index (χ3v) is 9.63. The summed E-state index contributed by atoms with van der Waals surface area (Å²) in [7, 11) is -3.56. The molecule has 1 aliphatic carbocycles. The maximum Gasteiger partial charge on any atom is 0.243 e. The molecule has 1 fully saturated rings. The zero-order valence-corrected chi connectivity index (χ0v) is 20.5. The topological polar surface area (TPSA) is 70.6 Å². The fraction of sp³-hybridized carbons (Fsp3) is 0.500. The number of piperidine rings is 1. The van der Waals surface area contributed by atoms with E-state index in [4.69, 9.17) is 4.98 Å². The Morgan fingerprint density at radius 2 is 1.97 bits per heavy atom. The molecule has 0 saturated carbocycles.